The molecule has 4 N–H and O–H groups in total. The fourth-order valence-electron chi connectivity index (χ4n) is 4.61. The number of fused-ring (bicyclic) bond motifs is 3. The van der Waals surface area contributed by atoms with Crippen molar-refractivity contribution < 1.29 is 34.8 Å². The summed E-state index contributed by atoms with van der Waals surface area (Å²) >= 11 is 0. The molecule has 7 heteroatoms. The number of benzene rings is 2. The number of ketones is 3. The predicted octanol–water partition coefficient (Wildman–Crippen LogP) is 1.59. The molecule has 0 aromatic heterocycles. The van der Waals surface area contributed by atoms with E-state index >= 15 is 0 Å². The van der Waals surface area contributed by atoms with Crippen molar-refractivity contribution >= 4 is 17.3 Å². The molecule has 7 nitrogen and oxygen atoms in total. The minimum Gasteiger partial charge on any atom is -0.507 e. The second-order valence-corrected chi connectivity index (χ2v) is 7.68. The molecule has 0 heterocycles. The van der Waals surface area contributed by atoms with Crippen molar-refractivity contribution in [3.05, 3.63) is 69.8 Å². The molecule has 1 atom stereocenters. The first kappa shape index (κ1) is 20.0. The Bertz CT molecular complexity index is 1140. The Hall–Kier alpha value is -3.29. The Morgan fingerprint density at radius 1 is 1.03 bits per heavy atom. The third-order valence-electron chi connectivity index (χ3n) is 6.31. The molecule has 2 aromatic rings. The van der Waals surface area contributed by atoms with Crippen LogP contribution < -0.4 is 0 Å². The predicted molar refractivity (Wildman–Crippen MR) is 106 cm³/mol. The molecule has 154 valence electrons. The van der Waals surface area contributed by atoms with Crippen LogP contribution in [-0.4, -0.2) is 44.4 Å². The van der Waals surface area contributed by atoms with Crippen LogP contribution in [0, 0.1) is 5.41 Å². The second kappa shape index (κ2) is 6.90. The van der Waals surface area contributed by atoms with Gasteiger partial charge in [-0.1, -0.05) is 24.3 Å². The quantitative estimate of drug-likeness (QED) is 0.381. The molecular formula is C23H20O7. The lowest BCUT2D eigenvalue weighted by Gasteiger charge is -2.36. The van der Waals surface area contributed by atoms with E-state index < -0.39 is 47.5 Å². The van der Waals surface area contributed by atoms with Crippen molar-refractivity contribution in [1.29, 1.82) is 0 Å². The first-order valence-corrected chi connectivity index (χ1v) is 9.50. The van der Waals surface area contributed by atoms with E-state index in [2.05, 4.69) is 6.58 Å². The molecule has 0 amide bonds. The van der Waals surface area contributed by atoms with Gasteiger partial charge in [0, 0.05) is 22.3 Å². The lowest BCUT2D eigenvalue weighted by Crippen LogP contribution is -2.37. The summed E-state index contributed by atoms with van der Waals surface area (Å²) in [5.74, 6) is -2.61. The normalized spacial score (nSPS) is 19.7. The summed E-state index contributed by atoms with van der Waals surface area (Å²) in [6.45, 7) is 2.53. The van der Waals surface area contributed by atoms with Crippen LogP contribution in [0.3, 0.4) is 0 Å². The molecule has 4 rings (SSSR count). The first-order chi connectivity index (χ1) is 14.3. The summed E-state index contributed by atoms with van der Waals surface area (Å²) in [6, 6.07) is 4.47. The van der Waals surface area contributed by atoms with Gasteiger partial charge in [-0.3, -0.25) is 14.4 Å². The molecule has 0 bridgehead atoms. The smallest absolute Gasteiger partial charge is 0.198 e. The van der Waals surface area contributed by atoms with Crippen LogP contribution in [0.15, 0.2) is 30.9 Å². The SMILES string of the molecule is C=C[C@]1(C(=O)CO)CCc2c(O)c3c(c(O)c2C1)C(=O)c1cccc(CO)c1C3=O. The summed E-state index contributed by atoms with van der Waals surface area (Å²) in [7, 11) is 0. The van der Waals surface area contributed by atoms with Gasteiger partial charge >= 0.3 is 0 Å². The van der Waals surface area contributed by atoms with E-state index in [4.69, 9.17) is 0 Å². The number of carbonyl (C=O) groups excluding carboxylic acids is 3. The van der Waals surface area contributed by atoms with Gasteiger partial charge in [-0.05, 0) is 24.8 Å². The van der Waals surface area contributed by atoms with E-state index in [1.807, 2.05) is 0 Å². The zero-order chi connectivity index (χ0) is 21.8. The van der Waals surface area contributed by atoms with Crippen molar-refractivity contribution in [2.45, 2.75) is 25.9 Å². The number of aliphatic hydroxyl groups is 2. The monoisotopic (exact) mass is 408 g/mol. The van der Waals surface area contributed by atoms with Gasteiger partial charge in [0.25, 0.3) is 0 Å². The zero-order valence-corrected chi connectivity index (χ0v) is 16.1. The van der Waals surface area contributed by atoms with Crippen molar-refractivity contribution in [2.75, 3.05) is 6.61 Å². The van der Waals surface area contributed by atoms with E-state index in [1.165, 1.54) is 24.3 Å². The standard InChI is InChI=1S/C23H20O7/c1-2-23(15(26)10-25)7-6-12-14(8-23)21(29)17-18(19(12)27)22(30)16-11(9-24)4-3-5-13(16)20(17)28/h2-5,24-25,27,29H,1,6-10H2/t23-/m0/s1. The molecule has 0 spiro atoms. The summed E-state index contributed by atoms with van der Waals surface area (Å²) < 4.78 is 0. The summed E-state index contributed by atoms with van der Waals surface area (Å²) in [5.41, 5.74) is -0.942. The van der Waals surface area contributed by atoms with Crippen LogP contribution in [0.2, 0.25) is 0 Å². The van der Waals surface area contributed by atoms with Gasteiger partial charge in [0.2, 0.25) is 0 Å². The number of Topliss-reactive ketones (excluding diaryl/α,β-unsaturated/α-hetero) is 1. The molecule has 0 fully saturated rings. The largest absolute Gasteiger partial charge is 0.507 e. The fraction of sp³-hybridized carbons (Fsp3) is 0.261. The summed E-state index contributed by atoms with van der Waals surface area (Å²) in [4.78, 5) is 38.7. The van der Waals surface area contributed by atoms with Crippen LogP contribution >= 0.6 is 0 Å². The van der Waals surface area contributed by atoms with Crippen molar-refractivity contribution in [3.63, 3.8) is 0 Å². The highest BCUT2D eigenvalue weighted by molar-refractivity contribution is 6.31. The molecule has 0 saturated heterocycles. The van der Waals surface area contributed by atoms with Crippen molar-refractivity contribution in [3.8, 4) is 11.5 Å². The van der Waals surface area contributed by atoms with Gasteiger partial charge in [0.1, 0.15) is 18.1 Å². The third kappa shape index (κ3) is 2.49. The van der Waals surface area contributed by atoms with E-state index in [1.54, 1.807) is 0 Å². The lowest BCUT2D eigenvalue weighted by molar-refractivity contribution is -0.129. The summed E-state index contributed by atoms with van der Waals surface area (Å²) in [5, 5.41) is 40.8. The Balaban J connectivity index is 1.98. The number of carbonyl (C=O) groups is 3. The van der Waals surface area contributed by atoms with Gasteiger partial charge in [-0.15, -0.1) is 6.58 Å². The molecular weight excluding hydrogens is 388 g/mol. The zero-order valence-electron chi connectivity index (χ0n) is 16.1. The highest BCUT2D eigenvalue weighted by Gasteiger charge is 2.44. The van der Waals surface area contributed by atoms with Crippen LogP contribution in [0.5, 0.6) is 11.5 Å². The number of phenolic OH excluding ortho intramolecular Hbond substituents is 2. The van der Waals surface area contributed by atoms with Gasteiger partial charge < -0.3 is 20.4 Å². The highest BCUT2D eigenvalue weighted by atomic mass is 16.3. The second-order valence-electron chi connectivity index (χ2n) is 7.68. The first-order valence-electron chi connectivity index (χ1n) is 9.50. The Labute approximate surface area is 171 Å². The summed E-state index contributed by atoms with van der Waals surface area (Å²) in [6.07, 6.45) is 1.74. The number of hydrogen-bond acceptors (Lipinski definition) is 7. The van der Waals surface area contributed by atoms with Gasteiger partial charge in [-0.25, -0.2) is 0 Å². The molecule has 2 aliphatic carbocycles. The highest BCUT2D eigenvalue weighted by Crippen LogP contribution is 2.49. The topological polar surface area (TPSA) is 132 Å². The van der Waals surface area contributed by atoms with Gasteiger partial charge in [0.15, 0.2) is 17.3 Å². The molecule has 2 aliphatic rings. The molecule has 2 aromatic carbocycles. The average molecular weight is 408 g/mol. The minimum absolute atomic E-state index is 0.0128. The van der Waals surface area contributed by atoms with Crippen LogP contribution in [0.4, 0.5) is 0 Å². The maximum absolute atomic E-state index is 13.2. The minimum atomic E-state index is -1.14. The maximum atomic E-state index is 13.2. The number of aromatic hydroxyl groups is 2. The van der Waals surface area contributed by atoms with Crippen LogP contribution in [0.1, 0.15) is 55.0 Å². The van der Waals surface area contributed by atoms with E-state index in [-0.39, 0.29) is 52.6 Å². The van der Waals surface area contributed by atoms with E-state index in [0.29, 0.717) is 5.56 Å². The molecule has 0 aliphatic heterocycles. The molecule has 0 radical (unpaired) electrons. The number of aliphatic hydroxyl groups excluding tert-OH is 2. The van der Waals surface area contributed by atoms with Crippen LogP contribution in [0.25, 0.3) is 0 Å². The molecule has 0 saturated carbocycles. The third-order valence-corrected chi connectivity index (χ3v) is 6.31. The molecule has 30 heavy (non-hydrogen) atoms. The van der Waals surface area contributed by atoms with E-state index in [9.17, 15) is 34.8 Å². The lowest BCUT2D eigenvalue weighted by atomic mass is 9.67. The molecule has 0 unspecified atom stereocenters. The van der Waals surface area contributed by atoms with Gasteiger partial charge in [-0.2, -0.15) is 0 Å². The number of allylic oxidation sites excluding steroid dienone is 1. The number of hydrogen-bond donors (Lipinski definition) is 4. The van der Waals surface area contributed by atoms with Crippen molar-refractivity contribution in [2.24, 2.45) is 5.41 Å². The maximum Gasteiger partial charge on any atom is 0.198 e. The van der Waals surface area contributed by atoms with Crippen molar-refractivity contribution in [1.82, 2.24) is 0 Å². The van der Waals surface area contributed by atoms with Crippen LogP contribution in [-0.2, 0) is 24.2 Å². The fourth-order valence-corrected chi connectivity index (χ4v) is 4.61. The van der Waals surface area contributed by atoms with E-state index in [0.717, 1.165) is 0 Å². The number of phenols is 2. The average Bonchev–Trinajstić information content (AvgIpc) is 2.78. The Kier molecular flexibility index (Phi) is 4.60. The van der Waals surface area contributed by atoms with Gasteiger partial charge in [0.05, 0.1) is 23.1 Å². The Morgan fingerprint density at radius 3 is 2.33 bits per heavy atom. The Morgan fingerprint density at radius 2 is 1.70 bits per heavy atom. The number of rotatable bonds is 4.